The van der Waals surface area contributed by atoms with Crippen LogP contribution >= 0.6 is 12.4 Å². The number of carbonyl (C=O) groups is 1. The standard InChI is InChI=1S/C30H31N3O.ClH/c1-21-20-28(33-27-15-9-8-14-26(21)27)31-24-16-18-25(19-17-24)32-30(34)29(22-10-4-2-5-11-22)23-12-6-3-7-13-23;/h2-15,20,24-25,29H,16-19H2,1H3,(H,31,33)(H,32,34);1H. The van der Waals surface area contributed by atoms with E-state index in [0.717, 1.165) is 48.1 Å². The maximum absolute atomic E-state index is 13.4. The van der Waals surface area contributed by atoms with E-state index in [9.17, 15) is 4.79 Å². The van der Waals surface area contributed by atoms with E-state index in [2.05, 4.69) is 41.8 Å². The lowest BCUT2D eigenvalue weighted by molar-refractivity contribution is -0.122. The number of fused-ring (bicyclic) bond motifs is 1. The normalized spacial score (nSPS) is 17.5. The Morgan fingerprint density at radius 1 is 0.800 bits per heavy atom. The van der Waals surface area contributed by atoms with Crippen molar-refractivity contribution in [3.05, 3.63) is 108 Å². The van der Waals surface area contributed by atoms with Crippen LogP contribution in [-0.2, 0) is 4.79 Å². The monoisotopic (exact) mass is 485 g/mol. The molecule has 1 saturated carbocycles. The van der Waals surface area contributed by atoms with Gasteiger partial charge in [0.2, 0.25) is 5.91 Å². The van der Waals surface area contributed by atoms with Gasteiger partial charge in [-0.1, -0.05) is 78.9 Å². The van der Waals surface area contributed by atoms with Crippen molar-refractivity contribution < 1.29 is 4.79 Å². The number of hydrogen-bond acceptors (Lipinski definition) is 3. The number of hydrogen-bond donors (Lipinski definition) is 2. The predicted molar refractivity (Wildman–Crippen MR) is 146 cm³/mol. The number of aryl methyl sites for hydroxylation is 1. The molecule has 1 aromatic heterocycles. The van der Waals surface area contributed by atoms with E-state index >= 15 is 0 Å². The molecule has 0 spiro atoms. The minimum Gasteiger partial charge on any atom is -0.367 e. The molecule has 35 heavy (non-hydrogen) atoms. The molecule has 0 unspecified atom stereocenters. The summed E-state index contributed by atoms with van der Waals surface area (Å²) in [6, 6.07) is 31.1. The van der Waals surface area contributed by atoms with Crippen LogP contribution in [0.1, 0.15) is 48.3 Å². The molecular formula is C30H32ClN3O. The number of anilines is 1. The van der Waals surface area contributed by atoms with E-state index in [4.69, 9.17) is 4.98 Å². The summed E-state index contributed by atoms with van der Waals surface area (Å²) < 4.78 is 0. The van der Waals surface area contributed by atoms with Gasteiger partial charge in [0.1, 0.15) is 5.82 Å². The molecule has 5 heteroatoms. The van der Waals surface area contributed by atoms with Crippen LogP contribution in [0.3, 0.4) is 0 Å². The first-order valence-electron chi connectivity index (χ1n) is 12.2. The fraction of sp³-hybridized carbons (Fsp3) is 0.267. The molecule has 1 heterocycles. The largest absolute Gasteiger partial charge is 0.367 e. The molecule has 0 aliphatic heterocycles. The van der Waals surface area contributed by atoms with Crippen LogP contribution in [0.4, 0.5) is 5.82 Å². The van der Waals surface area contributed by atoms with Crippen LogP contribution < -0.4 is 10.6 Å². The fourth-order valence-corrected chi connectivity index (χ4v) is 5.09. The molecule has 0 saturated heterocycles. The van der Waals surface area contributed by atoms with Crippen molar-refractivity contribution in [2.24, 2.45) is 0 Å². The summed E-state index contributed by atoms with van der Waals surface area (Å²) in [6.45, 7) is 2.14. The summed E-state index contributed by atoms with van der Waals surface area (Å²) in [5, 5.41) is 8.19. The Balaban J connectivity index is 0.00000289. The summed E-state index contributed by atoms with van der Waals surface area (Å²) >= 11 is 0. The molecule has 0 radical (unpaired) electrons. The lowest BCUT2D eigenvalue weighted by Crippen LogP contribution is -2.42. The summed E-state index contributed by atoms with van der Waals surface area (Å²) in [4.78, 5) is 18.2. The molecule has 1 aliphatic carbocycles. The van der Waals surface area contributed by atoms with Gasteiger partial charge in [0.05, 0.1) is 11.4 Å². The van der Waals surface area contributed by atoms with E-state index < -0.39 is 0 Å². The number of benzene rings is 3. The van der Waals surface area contributed by atoms with E-state index in [0.29, 0.717) is 6.04 Å². The molecule has 1 amide bonds. The van der Waals surface area contributed by atoms with Crippen LogP contribution in [0.5, 0.6) is 0 Å². The SMILES string of the molecule is Cc1cc(NC2CCC(NC(=O)C(c3ccccc3)c3ccccc3)CC2)nc2ccccc12.Cl. The molecule has 2 N–H and O–H groups in total. The third-order valence-electron chi connectivity index (χ3n) is 6.88. The van der Waals surface area contributed by atoms with Crippen molar-refractivity contribution in [3.8, 4) is 0 Å². The van der Waals surface area contributed by atoms with E-state index in [1.165, 1.54) is 10.9 Å². The number of halogens is 1. The number of para-hydroxylation sites is 1. The van der Waals surface area contributed by atoms with Crippen LogP contribution in [0.15, 0.2) is 91.0 Å². The summed E-state index contributed by atoms with van der Waals surface area (Å²) in [5.41, 5.74) is 4.32. The first kappa shape index (κ1) is 24.7. The molecule has 1 aliphatic rings. The number of aromatic nitrogens is 1. The van der Waals surface area contributed by atoms with Crippen molar-refractivity contribution in [1.29, 1.82) is 0 Å². The number of amides is 1. The number of nitrogens with zero attached hydrogens (tertiary/aromatic N) is 1. The average molecular weight is 486 g/mol. The Hall–Kier alpha value is -3.37. The van der Waals surface area contributed by atoms with Crippen molar-refractivity contribution in [2.45, 2.75) is 50.6 Å². The Morgan fingerprint density at radius 3 is 1.97 bits per heavy atom. The maximum Gasteiger partial charge on any atom is 0.232 e. The van der Waals surface area contributed by atoms with Gasteiger partial charge in [-0.05, 0) is 61.4 Å². The predicted octanol–water partition coefficient (Wildman–Crippen LogP) is 6.64. The van der Waals surface area contributed by atoms with Gasteiger partial charge < -0.3 is 10.6 Å². The molecule has 1 fully saturated rings. The zero-order valence-corrected chi connectivity index (χ0v) is 20.8. The van der Waals surface area contributed by atoms with Gasteiger partial charge in [0.25, 0.3) is 0 Å². The minimum absolute atomic E-state index is 0. The first-order chi connectivity index (χ1) is 16.7. The summed E-state index contributed by atoms with van der Waals surface area (Å²) in [6.07, 6.45) is 3.96. The molecule has 3 aromatic carbocycles. The van der Waals surface area contributed by atoms with E-state index in [1.807, 2.05) is 66.7 Å². The molecular weight excluding hydrogens is 454 g/mol. The number of rotatable bonds is 6. The molecule has 4 aromatic rings. The zero-order valence-electron chi connectivity index (χ0n) is 20.0. The van der Waals surface area contributed by atoms with Gasteiger partial charge in [0.15, 0.2) is 0 Å². The molecule has 0 bridgehead atoms. The summed E-state index contributed by atoms with van der Waals surface area (Å²) in [7, 11) is 0. The third kappa shape index (κ3) is 5.83. The van der Waals surface area contributed by atoms with Gasteiger partial charge in [0, 0.05) is 17.5 Å². The van der Waals surface area contributed by atoms with Gasteiger partial charge >= 0.3 is 0 Å². The third-order valence-corrected chi connectivity index (χ3v) is 6.88. The highest BCUT2D eigenvalue weighted by molar-refractivity contribution is 5.87. The highest BCUT2D eigenvalue weighted by Crippen LogP contribution is 2.28. The Labute approximate surface area is 213 Å². The number of pyridine rings is 1. The van der Waals surface area contributed by atoms with E-state index in [1.54, 1.807) is 0 Å². The molecule has 180 valence electrons. The van der Waals surface area contributed by atoms with Gasteiger partial charge in [-0.3, -0.25) is 4.79 Å². The van der Waals surface area contributed by atoms with Gasteiger partial charge in [-0.15, -0.1) is 12.4 Å². The fourth-order valence-electron chi connectivity index (χ4n) is 5.09. The molecule has 4 nitrogen and oxygen atoms in total. The summed E-state index contributed by atoms with van der Waals surface area (Å²) in [5.74, 6) is 0.737. The van der Waals surface area contributed by atoms with Crippen LogP contribution in [0.2, 0.25) is 0 Å². The lowest BCUT2D eigenvalue weighted by atomic mass is 9.88. The smallest absolute Gasteiger partial charge is 0.232 e. The van der Waals surface area contributed by atoms with E-state index in [-0.39, 0.29) is 30.3 Å². The van der Waals surface area contributed by atoms with Crippen molar-refractivity contribution in [3.63, 3.8) is 0 Å². The number of carbonyl (C=O) groups excluding carboxylic acids is 1. The van der Waals surface area contributed by atoms with Crippen molar-refractivity contribution >= 4 is 35.0 Å². The molecule has 0 atom stereocenters. The van der Waals surface area contributed by atoms with Crippen molar-refractivity contribution in [2.75, 3.05) is 5.32 Å². The highest BCUT2D eigenvalue weighted by Gasteiger charge is 2.27. The quantitative estimate of drug-likeness (QED) is 0.322. The van der Waals surface area contributed by atoms with Crippen LogP contribution in [0, 0.1) is 6.92 Å². The zero-order chi connectivity index (χ0) is 23.3. The van der Waals surface area contributed by atoms with Gasteiger partial charge in [-0.2, -0.15) is 0 Å². The van der Waals surface area contributed by atoms with Crippen molar-refractivity contribution in [1.82, 2.24) is 10.3 Å². The second-order valence-electron chi connectivity index (χ2n) is 9.30. The van der Waals surface area contributed by atoms with Gasteiger partial charge in [-0.25, -0.2) is 4.98 Å². The highest BCUT2D eigenvalue weighted by atomic mass is 35.5. The lowest BCUT2D eigenvalue weighted by Gasteiger charge is -2.31. The maximum atomic E-state index is 13.4. The number of nitrogens with one attached hydrogen (secondary N) is 2. The average Bonchev–Trinajstić information content (AvgIpc) is 2.87. The minimum atomic E-state index is -0.289. The van der Waals surface area contributed by atoms with Crippen LogP contribution in [0.25, 0.3) is 10.9 Å². The second kappa shape index (κ2) is 11.4. The Morgan fingerprint density at radius 2 is 1.34 bits per heavy atom. The molecule has 5 rings (SSSR count). The first-order valence-corrected chi connectivity index (χ1v) is 12.2. The van der Waals surface area contributed by atoms with Crippen LogP contribution in [-0.4, -0.2) is 23.0 Å². The Bertz CT molecular complexity index is 1220. The Kier molecular flexibility index (Phi) is 8.04. The second-order valence-corrected chi connectivity index (χ2v) is 9.30. The topological polar surface area (TPSA) is 54.0 Å².